The first-order chi connectivity index (χ1) is 14.5. The van der Waals surface area contributed by atoms with Gasteiger partial charge in [-0.05, 0) is 42.5 Å². The second kappa shape index (κ2) is 9.50. The van der Waals surface area contributed by atoms with Crippen molar-refractivity contribution in [2.75, 3.05) is 6.61 Å². The number of hydrogen-bond acceptors (Lipinski definition) is 4. The number of nitrogens with zero attached hydrogens (tertiary/aromatic N) is 2. The second-order valence-electron chi connectivity index (χ2n) is 7.52. The van der Waals surface area contributed by atoms with Gasteiger partial charge in [-0.1, -0.05) is 53.5 Å². The molecule has 1 saturated heterocycles. The Morgan fingerprint density at radius 3 is 2.67 bits per heavy atom. The summed E-state index contributed by atoms with van der Waals surface area (Å²) in [6.45, 7) is 1.49. The molecule has 0 saturated carbocycles. The Labute approximate surface area is 186 Å². The van der Waals surface area contributed by atoms with Crippen molar-refractivity contribution in [3.8, 4) is 0 Å². The van der Waals surface area contributed by atoms with Crippen LogP contribution in [0.2, 0.25) is 10.0 Å². The lowest BCUT2D eigenvalue weighted by Crippen LogP contribution is -2.33. The standard InChI is InChI=1S/C23H24Cl2N2O3/c24-19-8-9-20(21(25)13-19)23(28,15-27-11-10-26-16-27)18-6-4-17(5-7-18)14-30-22-3-1-2-12-29-22/h4-11,13,16,22,28H,1-3,12,14-15H2. The lowest BCUT2D eigenvalue weighted by Gasteiger charge is -2.31. The number of aliphatic hydroxyl groups is 1. The van der Waals surface area contributed by atoms with Crippen molar-refractivity contribution in [1.82, 2.24) is 9.55 Å². The fourth-order valence-corrected chi connectivity index (χ4v) is 4.27. The number of halogens is 2. The zero-order chi connectivity index (χ0) is 21.0. The normalized spacial score (nSPS) is 18.8. The van der Waals surface area contributed by atoms with Gasteiger partial charge in [0, 0.05) is 34.6 Å². The smallest absolute Gasteiger partial charge is 0.158 e. The zero-order valence-corrected chi connectivity index (χ0v) is 18.0. The van der Waals surface area contributed by atoms with Crippen molar-refractivity contribution in [3.63, 3.8) is 0 Å². The third-order valence-corrected chi connectivity index (χ3v) is 5.90. The van der Waals surface area contributed by atoms with Crippen molar-refractivity contribution in [2.45, 2.75) is 44.3 Å². The molecule has 1 aliphatic rings. The predicted octanol–water partition coefficient (Wildman–Crippen LogP) is 5.17. The molecule has 1 aliphatic heterocycles. The number of rotatable bonds is 7. The highest BCUT2D eigenvalue weighted by Crippen LogP contribution is 2.37. The van der Waals surface area contributed by atoms with Gasteiger partial charge < -0.3 is 19.1 Å². The van der Waals surface area contributed by atoms with E-state index in [1.54, 1.807) is 36.9 Å². The molecule has 0 amide bonds. The molecule has 0 bridgehead atoms. The van der Waals surface area contributed by atoms with Gasteiger partial charge in [-0.25, -0.2) is 4.98 Å². The number of benzene rings is 2. The van der Waals surface area contributed by atoms with Gasteiger partial charge in [0.25, 0.3) is 0 Å². The second-order valence-corrected chi connectivity index (χ2v) is 8.37. The Balaban J connectivity index is 1.58. The van der Waals surface area contributed by atoms with Crippen LogP contribution in [0.15, 0.2) is 61.2 Å². The van der Waals surface area contributed by atoms with Gasteiger partial charge in [0.2, 0.25) is 0 Å². The molecule has 5 nitrogen and oxygen atoms in total. The fourth-order valence-electron chi connectivity index (χ4n) is 3.71. The van der Waals surface area contributed by atoms with E-state index in [9.17, 15) is 5.11 Å². The molecule has 3 aromatic rings. The van der Waals surface area contributed by atoms with Crippen LogP contribution in [0.3, 0.4) is 0 Å². The Kier molecular flexibility index (Phi) is 6.76. The molecule has 7 heteroatoms. The third-order valence-electron chi connectivity index (χ3n) is 5.35. The minimum atomic E-state index is -1.35. The topological polar surface area (TPSA) is 56.5 Å². The molecule has 2 atom stereocenters. The average molecular weight is 447 g/mol. The van der Waals surface area contributed by atoms with Crippen LogP contribution in [-0.2, 0) is 28.2 Å². The van der Waals surface area contributed by atoms with Crippen molar-refractivity contribution in [1.29, 1.82) is 0 Å². The number of aromatic nitrogens is 2. The van der Waals surface area contributed by atoms with Crippen LogP contribution in [-0.4, -0.2) is 27.6 Å². The van der Waals surface area contributed by atoms with E-state index in [-0.39, 0.29) is 12.8 Å². The first-order valence-corrected chi connectivity index (χ1v) is 10.8. The molecule has 1 N–H and O–H groups in total. The maximum atomic E-state index is 11.8. The van der Waals surface area contributed by atoms with Crippen LogP contribution < -0.4 is 0 Å². The number of imidazole rings is 1. The summed E-state index contributed by atoms with van der Waals surface area (Å²) < 4.78 is 13.3. The van der Waals surface area contributed by atoms with Crippen molar-refractivity contribution in [3.05, 3.63) is 87.9 Å². The summed E-state index contributed by atoms with van der Waals surface area (Å²) >= 11 is 12.5. The average Bonchev–Trinajstić information content (AvgIpc) is 3.26. The van der Waals surface area contributed by atoms with Crippen LogP contribution in [0.1, 0.15) is 36.0 Å². The van der Waals surface area contributed by atoms with E-state index in [1.165, 1.54) is 0 Å². The van der Waals surface area contributed by atoms with E-state index in [2.05, 4.69) is 4.98 Å². The van der Waals surface area contributed by atoms with Gasteiger partial charge in [-0.3, -0.25) is 0 Å². The molecular weight excluding hydrogens is 423 g/mol. The van der Waals surface area contributed by atoms with E-state index in [0.29, 0.717) is 22.2 Å². The highest BCUT2D eigenvalue weighted by atomic mass is 35.5. The molecule has 0 aliphatic carbocycles. The van der Waals surface area contributed by atoms with E-state index < -0.39 is 5.60 Å². The van der Waals surface area contributed by atoms with Crippen LogP contribution in [0.4, 0.5) is 0 Å². The highest BCUT2D eigenvalue weighted by molar-refractivity contribution is 6.35. The molecule has 2 heterocycles. The molecule has 1 aromatic heterocycles. The molecule has 4 rings (SSSR count). The predicted molar refractivity (Wildman–Crippen MR) is 117 cm³/mol. The van der Waals surface area contributed by atoms with E-state index in [1.807, 2.05) is 28.8 Å². The number of ether oxygens (including phenoxy) is 2. The Bertz CT molecular complexity index is 957. The maximum Gasteiger partial charge on any atom is 0.158 e. The molecule has 30 heavy (non-hydrogen) atoms. The van der Waals surface area contributed by atoms with Crippen molar-refractivity contribution >= 4 is 23.2 Å². The summed E-state index contributed by atoms with van der Waals surface area (Å²) in [4.78, 5) is 4.08. The van der Waals surface area contributed by atoms with Crippen LogP contribution >= 0.6 is 23.2 Å². The summed E-state index contributed by atoms with van der Waals surface area (Å²) in [5, 5.41) is 12.7. The monoisotopic (exact) mass is 446 g/mol. The van der Waals surface area contributed by atoms with Gasteiger partial charge >= 0.3 is 0 Å². The number of hydrogen-bond donors (Lipinski definition) is 1. The summed E-state index contributed by atoms with van der Waals surface area (Å²) in [5.41, 5.74) is 0.967. The quantitative estimate of drug-likeness (QED) is 0.543. The molecule has 1 fully saturated rings. The van der Waals surface area contributed by atoms with Gasteiger partial charge in [0.05, 0.1) is 19.5 Å². The largest absolute Gasteiger partial charge is 0.378 e. The Hall–Kier alpha value is -1.89. The van der Waals surface area contributed by atoms with Gasteiger partial charge in [-0.15, -0.1) is 0 Å². The summed E-state index contributed by atoms with van der Waals surface area (Å²) in [6, 6.07) is 12.9. The van der Waals surface area contributed by atoms with E-state index >= 15 is 0 Å². The van der Waals surface area contributed by atoms with Crippen LogP contribution in [0.25, 0.3) is 0 Å². The first-order valence-electron chi connectivity index (χ1n) is 10.0. The van der Waals surface area contributed by atoms with Gasteiger partial charge in [0.1, 0.15) is 5.60 Å². The van der Waals surface area contributed by atoms with E-state index in [4.69, 9.17) is 32.7 Å². The lowest BCUT2D eigenvalue weighted by atomic mass is 9.85. The summed E-state index contributed by atoms with van der Waals surface area (Å²) in [7, 11) is 0. The maximum absolute atomic E-state index is 11.8. The van der Waals surface area contributed by atoms with Crippen molar-refractivity contribution < 1.29 is 14.6 Å². The van der Waals surface area contributed by atoms with Crippen LogP contribution in [0, 0.1) is 0 Å². The SMILES string of the molecule is OC(Cn1ccnc1)(c1ccc(COC2CCCCO2)cc1)c1ccc(Cl)cc1Cl. The summed E-state index contributed by atoms with van der Waals surface area (Å²) in [6.07, 6.45) is 8.17. The summed E-state index contributed by atoms with van der Waals surface area (Å²) in [5.74, 6) is 0. The minimum Gasteiger partial charge on any atom is -0.378 e. The van der Waals surface area contributed by atoms with E-state index in [0.717, 1.165) is 37.0 Å². The highest BCUT2D eigenvalue weighted by Gasteiger charge is 2.34. The van der Waals surface area contributed by atoms with Gasteiger partial charge in [0.15, 0.2) is 6.29 Å². The molecule has 0 spiro atoms. The molecule has 0 radical (unpaired) electrons. The van der Waals surface area contributed by atoms with Crippen LogP contribution in [0.5, 0.6) is 0 Å². The minimum absolute atomic E-state index is 0.135. The molecular formula is C23H24Cl2N2O3. The third kappa shape index (κ3) is 4.88. The first kappa shape index (κ1) is 21.3. The fraction of sp³-hybridized carbons (Fsp3) is 0.348. The molecule has 2 aromatic carbocycles. The Morgan fingerprint density at radius 1 is 1.17 bits per heavy atom. The van der Waals surface area contributed by atoms with Crippen molar-refractivity contribution in [2.24, 2.45) is 0 Å². The zero-order valence-electron chi connectivity index (χ0n) is 16.5. The molecule has 158 valence electrons. The Morgan fingerprint density at radius 2 is 2.00 bits per heavy atom. The molecule has 2 unspecified atom stereocenters. The lowest BCUT2D eigenvalue weighted by molar-refractivity contribution is -0.168. The van der Waals surface area contributed by atoms with Gasteiger partial charge in [-0.2, -0.15) is 0 Å².